The van der Waals surface area contributed by atoms with Crippen LogP contribution in [0.5, 0.6) is 0 Å². The van der Waals surface area contributed by atoms with Gasteiger partial charge in [0.2, 0.25) is 5.91 Å². The zero-order valence-electron chi connectivity index (χ0n) is 13.3. The molecule has 1 amide bonds. The van der Waals surface area contributed by atoms with Gasteiger partial charge in [0.25, 0.3) is 0 Å². The topological polar surface area (TPSA) is 59.8 Å². The van der Waals surface area contributed by atoms with Gasteiger partial charge in [-0.15, -0.1) is 11.3 Å². The second-order valence-corrected chi connectivity index (χ2v) is 6.40. The maximum Gasteiger partial charge on any atom is 0.247 e. The zero-order valence-corrected chi connectivity index (χ0v) is 14.1. The Labute approximate surface area is 139 Å². The van der Waals surface area contributed by atoms with Gasteiger partial charge in [-0.25, -0.2) is 4.98 Å². The lowest BCUT2D eigenvalue weighted by Gasteiger charge is -2.07. The van der Waals surface area contributed by atoms with Crippen LogP contribution in [0.3, 0.4) is 0 Å². The van der Waals surface area contributed by atoms with Crippen LogP contribution in [0.4, 0.5) is 5.13 Å². The molecule has 0 aliphatic rings. The van der Waals surface area contributed by atoms with Gasteiger partial charge in [-0.05, 0) is 49.6 Å². The number of aryl methyl sites for hydroxylation is 3. The van der Waals surface area contributed by atoms with Crippen LogP contribution in [0.1, 0.15) is 16.7 Å². The summed E-state index contributed by atoms with van der Waals surface area (Å²) in [5.41, 5.74) is 5.70. The van der Waals surface area contributed by atoms with Crippen LogP contribution >= 0.6 is 11.3 Å². The molecule has 3 rings (SSSR count). The first kappa shape index (κ1) is 15.4. The second kappa shape index (κ2) is 6.34. The highest BCUT2D eigenvalue weighted by Crippen LogP contribution is 2.29. The van der Waals surface area contributed by atoms with Crippen molar-refractivity contribution in [1.82, 2.24) is 14.8 Å². The maximum absolute atomic E-state index is 12.0. The summed E-state index contributed by atoms with van der Waals surface area (Å²) in [4.78, 5) is 16.5. The molecule has 0 radical (unpaired) electrons. The van der Waals surface area contributed by atoms with E-state index in [1.807, 2.05) is 5.38 Å². The number of nitrogens with zero attached hydrogens (tertiary/aromatic N) is 3. The van der Waals surface area contributed by atoms with Gasteiger partial charge < -0.3 is 5.32 Å². The van der Waals surface area contributed by atoms with E-state index >= 15 is 0 Å². The summed E-state index contributed by atoms with van der Waals surface area (Å²) in [5, 5.41) is 9.42. The van der Waals surface area contributed by atoms with Crippen molar-refractivity contribution >= 4 is 22.4 Å². The van der Waals surface area contributed by atoms with Gasteiger partial charge in [-0.1, -0.05) is 6.07 Å². The Bertz CT molecular complexity index is 836. The van der Waals surface area contributed by atoms with E-state index in [1.165, 1.54) is 28.0 Å². The van der Waals surface area contributed by atoms with Crippen molar-refractivity contribution in [2.45, 2.75) is 27.3 Å². The average Bonchev–Trinajstić information content (AvgIpc) is 3.15. The number of hydrogen-bond acceptors (Lipinski definition) is 4. The summed E-state index contributed by atoms with van der Waals surface area (Å²) >= 11 is 1.43. The number of aromatic nitrogens is 3. The number of thiazole rings is 1. The fourth-order valence-electron chi connectivity index (χ4n) is 2.39. The van der Waals surface area contributed by atoms with Crippen LogP contribution < -0.4 is 5.32 Å². The van der Waals surface area contributed by atoms with Crippen LogP contribution in [-0.4, -0.2) is 20.7 Å². The molecule has 5 nitrogen and oxygen atoms in total. The van der Waals surface area contributed by atoms with Gasteiger partial charge in [-0.2, -0.15) is 5.10 Å². The van der Waals surface area contributed by atoms with Gasteiger partial charge in [0.1, 0.15) is 6.54 Å². The van der Waals surface area contributed by atoms with Crippen molar-refractivity contribution in [3.05, 3.63) is 52.7 Å². The lowest BCUT2D eigenvalue weighted by atomic mass is 9.99. The summed E-state index contributed by atoms with van der Waals surface area (Å²) in [6.45, 7) is 6.47. The molecule has 0 fully saturated rings. The number of rotatable bonds is 4. The minimum absolute atomic E-state index is 0.133. The van der Waals surface area contributed by atoms with Crippen LogP contribution in [-0.2, 0) is 11.3 Å². The molecule has 0 unspecified atom stereocenters. The van der Waals surface area contributed by atoms with E-state index in [4.69, 9.17) is 0 Å². The normalized spacial score (nSPS) is 10.7. The zero-order chi connectivity index (χ0) is 16.4. The van der Waals surface area contributed by atoms with E-state index < -0.39 is 0 Å². The van der Waals surface area contributed by atoms with E-state index in [-0.39, 0.29) is 12.5 Å². The Hall–Kier alpha value is -2.47. The molecule has 0 aliphatic carbocycles. The Kier molecular flexibility index (Phi) is 4.25. The van der Waals surface area contributed by atoms with Crippen molar-refractivity contribution in [1.29, 1.82) is 0 Å². The third-order valence-corrected chi connectivity index (χ3v) is 4.49. The van der Waals surface area contributed by atoms with E-state index in [0.717, 1.165) is 11.3 Å². The van der Waals surface area contributed by atoms with E-state index in [2.05, 4.69) is 48.3 Å². The number of hydrogen-bond donors (Lipinski definition) is 1. The van der Waals surface area contributed by atoms with Gasteiger partial charge in [0.05, 0.1) is 5.69 Å². The Balaban J connectivity index is 1.75. The third-order valence-electron chi connectivity index (χ3n) is 3.73. The quantitative estimate of drug-likeness (QED) is 0.797. The molecule has 2 aromatic heterocycles. The van der Waals surface area contributed by atoms with E-state index in [9.17, 15) is 4.79 Å². The molecule has 1 N–H and O–H groups in total. The maximum atomic E-state index is 12.0. The molecular formula is C17H18N4OS. The van der Waals surface area contributed by atoms with Crippen LogP contribution in [0.25, 0.3) is 11.3 Å². The number of benzene rings is 1. The molecule has 2 heterocycles. The number of amides is 1. The van der Waals surface area contributed by atoms with Crippen LogP contribution in [0, 0.1) is 20.8 Å². The Morgan fingerprint density at radius 3 is 2.74 bits per heavy atom. The molecule has 23 heavy (non-hydrogen) atoms. The monoisotopic (exact) mass is 326 g/mol. The molecule has 0 bridgehead atoms. The molecule has 3 aromatic rings. The standard InChI is InChI=1S/C17H18N4OS/c1-11-7-13(3)14(8-12(11)2)15-10-23-17(19-15)20-16(22)9-21-6-4-5-18-21/h4-8,10H,9H2,1-3H3,(H,19,20,22). The Morgan fingerprint density at radius 1 is 1.22 bits per heavy atom. The minimum atomic E-state index is -0.133. The molecular weight excluding hydrogens is 308 g/mol. The predicted molar refractivity (Wildman–Crippen MR) is 92.6 cm³/mol. The average molecular weight is 326 g/mol. The fraction of sp³-hybridized carbons (Fsp3) is 0.235. The number of nitrogens with one attached hydrogen (secondary N) is 1. The highest BCUT2D eigenvalue weighted by atomic mass is 32.1. The molecule has 0 spiro atoms. The lowest BCUT2D eigenvalue weighted by molar-refractivity contribution is -0.116. The third kappa shape index (κ3) is 3.48. The molecule has 0 atom stereocenters. The van der Waals surface area contributed by atoms with Crippen LogP contribution in [0.15, 0.2) is 36.0 Å². The largest absolute Gasteiger partial charge is 0.300 e. The summed E-state index contributed by atoms with van der Waals surface area (Å²) in [6.07, 6.45) is 3.41. The lowest BCUT2D eigenvalue weighted by Crippen LogP contribution is -2.18. The van der Waals surface area contributed by atoms with E-state index in [0.29, 0.717) is 5.13 Å². The fourth-order valence-corrected chi connectivity index (χ4v) is 3.12. The van der Waals surface area contributed by atoms with Crippen molar-refractivity contribution in [3.63, 3.8) is 0 Å². The predicted octanol–water partition coefficient (Wildman–Crippen LogP) is 3.57. The van der Waals surface area contributed by atoms with Crippen LogP contribution in [0.2, 0.25) is 0 Å². The Morgan fingerprint density at radius 2 is 2.00 bits per heavy atom. The number of carbonyl (C=O) groups excluding carboxylic acids is 1. The van der Waals surface area contributed by atoms with Crippen molar-refractivity contribution in [2.75, 3.05) is 5.32 Å². The SMILES string of the molecule is Cc1cc(C)c(-c2csc(NC(=O)Cn3cccn3)n2)cc1C. The van der Waals surface area contributed by atoms with Gasteiger partial charge >= 0.3 is 0 Å². The van der Waals surface area contributed by atoms with Crippen molar-refractivity contribution in [2.24, 2.45) is 0 Å². The molecule has 6 heteroatoms. The summed E-state index contributed by atoms with van der Waals surface area (Å²) in [6, 6.07) is 6.10. The second-order valence-electron chi connectivity index (χ2n) is 5.54. The summed E-state index contributed by atoms with van der Waals surface area (Å²) < 4.78 is 1.58. The number of anilines is 1. The smallest absolute Gasteiger partial charge is 0.247 e. The molecule has 0 saturated carbocycles. The van der Waals surface area contributed by atoms with Gasteiger partial charge in [-0.3, -0.25) is 9.48 Å². The molecule has 0 saturated heterocycles. The first-order chi connectivity index (χ1) is 11.0. The first-order valence-electron chi connectivity index (χ1n) is 7.34. The first-order valence-corrected chi connectivity index (χ1v) is 8.22. The summed E-state index contributed by atoms with van der Waals surface area (Å²) in [5.74, 6) is -0.133. The van der Waals surface area contributed by atoms with Crippen molar-refractivity contribution < 1.29 is 4.79 Å². The molecule has 1 aromatic carbocycles. The summed E-state index contributed by atoms with van der Waals surface area (Å²) in [7, 11) is 0. The highest BCUT2D eigenvalue weighted by Gasteiger charge is 2.11. The van der Waals surface area contributed by atoms with Crippen molar-refractivity contribution in [3.8, 4) is 11.3 Å². The van der Waals surface area contributed by atoms with Gasteiger partial charge in [0, 0.05) is 23.3 Å². The van der Waals surface area contributed by atoms with Gasteiger partial charge in [0.15, 0.2) is 5.13 Å². The minimum Gasteiger partial charge on any atom is -0.300 e. The van der Waals surface area contributed by atoms with E-state index in [1.54, 1.807) is 23.1 Å². The molecule has 0 aliphatic heterocycles. The highest BCUT2D eigenvalue weighted by molar-refractivity contribution is 7.14. The molecule has 118 valence electrons. The number of carbonyl (C=O) groups is 1.